The molecule has 0 bridgehead atoms. The Kier molecular flexibility index (Phi) is 3.42. The van der Waals surface area contributed by atoms with Gasteiger partial charge in [0.05, 0.1) is 35.1 Å². The van der Waals surface area contributed by atoms with Crippen molar-refractivity contribution in [3.05, 3.63) is 52.5 Å². The Morgan fingerprint density at radius 2 is 2.24 bits per heavy atom. The fourth-order valence-corrected chi connectivity index (χ4v) is 2.61. The summed E-state index contributed by atoms with van der Waals surface area (Å²) >= 11 is 0. The molecule has 1 aromatic carbocycles. The lowest BCUT2D eigenvalue weighted by Gasteiger charge is -2.19. The summed E-state index contributed by atoms with van der Waals surface area (Å²) in [5, 5.41) is 21.2. The third-order valence-corrected chi connectivity index (χ3v) is 3.76. The number of fused-ring (bicyclic) bond motifs is 2. The molecule has 10 heteroatoms. The largest absolute Gasteiger partial charge is 0.481 e. The van der Waals surface area contributed by atoms with Crippen LogP contribution in [-0.2, 0) is 11.3 Å². The van der Waals surface area contributed by atoms with Gasteiger partial charge in [-0.2, -0.15) is 5.10 Å². The van der Waals surface area contributed by atoms with Gasteiger partial charge in [-0.15, -0.1) is 0 Å². The lowest BCUT2D eigenvalue weighted by molar-refractivity contribution is -0.384. The lowest BCUT2D eigenvalue weighted by Crippen LogP contribution is -2.25. The second-order valence-corrected chi connectivity index (χ2v) is 5.35. The Labute approximate surface area is 140 Å². The van der Waals surface area contributed by atoms with Crippen LogP contribution < -0.4 is 15.4 Å². The van der Waals surface area contributed by atoms with Gasteiger partial charge in [0.25, 0.3) is 11.6 Å². The highest BCUT2D eigenvalue weighted by atomic mass is 16.6. The molecule has 0 spiro atoms. The fourth-order valence-electron chi connectivity index (χ4n) is 2.61. The number of nitro benzene ring substituents is 1. The number of rotatable bonds is 4. The van der Waals surface area contributed by atoms with E-state index in [0.29, 0.717) is 11.3 Å². The molecule has 1 aliphatic rings. The first-order chi connectivity index (χ1) is 12.1. The number of anilines is 2. The van der Waals surface area contributed by atoms with Gasteiger partial charge in [0.2, 0.25) is 0 Å². The first kappa shape index (κ1) is 14.9. The average molecular weight is 340 g/mol. The summed E-state index contributed by atoms with van der Waals surface area (Å²) in [6.07, 6.45) is 3.27. The SMILES string of the molecule is O=C1COc2cc([N+](=O)[O-])c(NCc3ccnc4ccnn34)cc2N1. The zero-order valence-corrected chi connectivity index (χ0v) is 12.8. The van der Waals surface area contributed by atoms with E-state index >= 15 is 0 Å². The van der Waals surface area contributed by atoms with E-state index in [1.165, 1.54) is 12.1 Å². The first-order valence-corrected chi connectivity index (χ1v) is 7.38. The van der Waals surface area contributed by atoms with Crippen molar-refractivity contribution in [1.29, 1.82) is 0 Å². The van der Waals surface area contributed by atoms with Gasteiger partial charge in [-0.25, -0.2) is 9.50 Å². The lowest BCUT2D eigenvalue weighted by atomic mass is 10.2. The highest BCUT2D eigenvalue weighted by Gasteiger charge is 2.23. The van der Waals surface area contributed by atoms with Crippen LogP contribution in [0.2, 0.25) is 0 Å². The quantitative estimate of drug-likeness (QED) is 0.546. The highest BCUT2D eigenvalue weighted by Crippen LogP contribution is 2.37. The van der Waals surface area contributed by atoms with Gasteiger partial charge in [-0.05, 0) is 12.1 Å². The van der Waals surface area contributed by atoms with Crippen LogP contribution >= 0.6 is 0 Å². The molecule has 2 aromatic heterocycles. The maximum atomic E-state index is 11.4. The molecule has 0 radical (unpaired) electrons. The van der Waals surface area contributed by atoms with Crippen LogP contribution in [0.3, 0.4) is 0 Å². The Hall–Kier alpha value is -3.69. The number of ether oxygens (including phenoxy) is 1. The Morgan fingerprint density at radius 3 is 3.08 bits per heavy atom. The average Bonchev–Trinajstić information content (AvgIpc) is 3.08. The molecule has 4 rings (SSSR count). The van der Waals surface area contributed by atoms with E-state index in [1.54, 1.807) is 29.0 Å². The van der Waals surface area contributed by atoms with E-state index in [2.05, 4.69) is 20.7 Å². The number of aromatic nitrogens is 3. The topological polar surface area (TPSA) is 124 Å². The van der Waals surface area contributed by atoms with Gasteiger partial charge >= 0.3 is 0 Å². The molecule has 1 amide bonds. The third-order valence-electron chi connectivity index (χ3n) is 3.76. The molecule has 1 aliphatic heterocycles. The van der Waals surface area contributed by atoms with Crippen molar-refractivity contribution in [2.24, 2.45) is 0 Å². The van der Waals surface area contributed by atoms with E-state index in [1.807, 2.05) is 0 Å². The standard InChI is InChI=1S/C15H12N6O4/c22-15-8-25-13-6-12(21(23)24)10(5-11(13)19-15)17-7-9-1-3-16-14-2-4-18-20(9)14/h1-6,17H,7-8H2,(H,19,22). The molecule has 2 N–H and O–H groups in total. The Balaban J connectivity index is 1.67. The van der Waals surface area contributed by atoms with E-state index < -0.39 is 4.92 Å². The van der Waals surface area contributed by atoms with E-state index in [9.17, 15) is 14.9 Å². The number of nitrogens with zero attached hydrogens (tertiary/aromatic N) is 4. The summed E-state index contributed by atoms with van der Waals surface area (Å²) < 4.78 is 6.87. The molecule has 0 fully saturated rings. The van der Waals surface area contributed by atoms with Gasteiger partial charge in [-0.3, -0.25) is 14.9 Å². The normalized spacial score (nSPS) is 13.0. The molecule has 0 saturated heterocycles. The maximum Gasteiger partial charge on any atom is 0.296 e. The molecule has 3 aromatic rings. The number of carbonyl (C=O) groups excluding carboxylic acids is 1. The summed E-state index contributed by atoms with van der Waals surface area (Å²) in [7, 11) is 0. The molecule has 0 aliphatic carbocycles. The summed E-state index contributed by atoms with van der Waals surface area (Å²) in [5.41, 5.74) is 1.98. The van der Waals surface area contributed by atoms with Crippen molar-refractivity contribution in [3.63, 3.8) is 0 Å². The Morgan fingerprint density at radius 1 is 1.36 bits per heavy atom. The molecule has 126 valence electrons. The third kappa shape index (κ3) is 2.69. The molecular formula is C15H12N6O4. The van der Waals surface area contributed by atoms with Crippen molar-refractivity contribution in [2.75, 3.05) is 17.2 Å². The van der Waals surface area contributed by atoms with Gasteiger partial charge in [0.1, 0.15) is 5.69 Å². The van der Waals surface area contributed by atoms with E-state index in [4.69, 9.17) is 4.74 Å². The van der Waals surface area contributed by atoms with Crippen LogP contribution in [0.25, 0.3) is 5.65 Å². The van der Waals surface area contributed by atoms with Crippen LogP contribution in [0.1, 0.15) is 5.69 Å². The molecule has 10 nitrogen and oxygen atoms in total. The first-order valence-electron chi connectivity index (χ1n) is 7.38. The summed E-state index contributed by atoms with van der Waals surface area (Å²) in [6.45, 7) is 0.125. The van der Waals surface area contributed by atoms with Crippen LogP contribution in [0.5, 0.6) is 5.75 Å². The molecular weight excluding hydrogens is 328 g/mol. The zero-order valence-electron chi connectivity index (χ0n) is 12.8. The van der Waals surface area contributed by atoms with E-state index in [0.717, 1.165) is 5.69 Å². The number of nitro groups is 1. The molecule has 0 unspecified atom stereocenters. The molecule has 25 heavy (non-hydrogen) atoms. The van der Waals surface area contributed by atoms with Gasteiger partial charge in [0.15, 0.2) is 18.0 Å². The van der Waals surface area contributed by atoms with Gasteiger partial charge in [-0.1, -0.05) is 0 Å². The minimum absolute atomic E-state index is 0.138. The minimum Gasteiger partial charge on any atom is -0.481 e. The van der Waals surface area contributed by atoms with Crippen molar-refractivity contribution < 1.29 is 14.5 Å². The van der Waals surface area contributed by atoms with Crippen LogP contribution in [0, 0.1) is 10.1 Å². The number of hydrogen-bond acceptors (Lipinski definition) is 7. The van der Waals surface area contributed by atoms with Gasteiger partial charge in [0, 0.05) is 12.3 Å². The zero-order chi connectivity index (χ0) is 17.4. The smallest absolute Gasteiger partial charge is 0.296 e. The molecule has 0 saturated carbocycles. The Bertz CT molecular complexity index is 999. The predicted molar refractivity (Wildman–Crippen MR) is 87.5 cm³/mol. The van der Waals surface area contributed by atoms with Crippen LogP contribution in [0.15, 0.2) is 36.7 Å². The van der Waals surface area contributed by atoms with Crippen LogP contribution in [0.4, 0.5) is 17.1 Å². The minimum atomic E-state index is -0.502. The van der Waals surface area contributed by atoms with Gasteiger partial charge < -0.3 is 15.4 Å². The maximum absolute atomic E-state index is 11.4. The number of carbonyl (C=O) groups is 1. The highest BCUT2D eigenvalue weighted by molar-refractivity contribution is 5.96. The second-order valence-electron chi connectivity index (χ2n) is 5.35. The molecule has 3 heterocycles. The number of benzene rings is 1. The van der Waals surface area contributed by atoms with Crippen LogP contribution in [-0.4, -0.2) is 32.0 Å². The summed E-state index contributed by atoms with van der Waals surface area (Å²) in [6, 6.07) is 6.32. The van der Waals surface area contributed by atoms with Crippen molar-refractivity contribution in [2.45, 2.75) is 6.54 Å². The number of hydrogen-bond donors (Lipinski definition) is 2. The second kappa shape index (κ2) is 5.74. The predicted octanol–water partition coefficient (Wildman–Crippen LogP) is 1.58. The fraction of sp³-hybridized carbons (Fsp3) is 0.133. The van der Waals surface area contributed by atoms with Crippen molar-refractivity contribution >= 4 is 28.6 Å². The number of nitrogens with one attached hydrogen (secondary N) is 2. The number of amides is 1. The van der Waals surface area contributed by atoms with E-state index in [-0.39, 0.29) is 36.2 Å². The van der Waals surface area contributed by atoms with Crippen molar-refractivity contribution in [1.82, 2.24) is 14.6 Å². The summed E-state index contributed by atoms with van der Waals surface area (Å²) in [4.78, 5) is 26.5. The van der Waals surface area contributed by atoms with Crippen molar-refractivity contribution in [3.8, 4) is 5.75 Å². The molecule has 0 atom stereocenters. The summed E-state index contributed by atoms with van der Waals surface area (Å²) in [5.74, 6) is -0.0325. The monoisotopic (exact) mass is 340 g/mol.